The Balaban J connectivity index is 1.72. The number of nitrogens with one attached hydrogen (secondary N) is 1. The number of ether oxygens (including phenoxy) is 2. The molecule has 0 spiro atoms. The van der Waals surface area contributed by atoms with E-state index in [4.69, 9.17) is 9.47 Å². The molecular formula is C17H24N4O2. The third kappa shape index (κ3) is 3.23. The predicted molar refractivity (Wildman–Crippen MR) is 87.4 cm³/mol. The fourth-order valence-corrected chi connectivity index (χ4v) is 3.20. The average Bonchev–Trinajstić information content (AvgIpc) is 3.10. The summed E-state index contributed by atoms with van der Waals surface area (Å²) in [6.45, 7) is 5.60. The second-order valence-electron chi connectivity index (χ2n) is 5.96. The van der Waals surface area contributed by atoms with Crippen molar-refractivity contribution in [1.29, 1.82) is 0 Å². The molecule has 1 aliphatic heterocycles. The number of rotatable bonds is 5. The van der Waals surface area contributed by atoms with Crippen molar-refractivity contribution in [2.24, 2.45) is 7.05 Å². The molecule has 6 heteroatoms. The van der Waals surface area contributed by atoms with E-state index in [1.165, 1.54) is 11.3 Å². The van der Waals surface area contributed by atoms with E-state index in [1.54, 1.807) is 13.3 Å². The van der Waals surface area contributed by atoms with Gasteiger partial charge >= 0.3 is 0 Å². The van der Waals surface area contributed by atoms with Crippen LogP contribution in [-0.2, 0) is 18.3 Å². The first kappa shape index (κ1) is 16.0. The van der Waals surface area contributed by atoms with Crippen molar-refractivity contribution in [3.63, 3.8) is 0 Å². The Hall–Kier alpha value is -1.92. The van der Waals surface area contributed by atoms with Gasteiger partial charge in [-0.2, -0.15) is 5.10 Å². The summed E-state index contributed by atoms with van der Waals surface area (Å²) in [5.74, 6) is 0.829. The van der Waals surface area contributed by atoms with Gasteiger partial charge in [-0.1, -0.05) is 0 Å². The maximum Gasteiger partial charge on any atom is 0.122 e. The van der Waals surface area contributed by atoms with Gasteiger partial charge in [-0.05, 0) is 26.3 Å². The quantitative estimate of drug-likeness (QED) is 0.915. The van der Waals surface area contributed by atoms with Gasteiger partial charge in [-0.3, -0.25) is 9.67 Å². The first-order chi connectivity index (χ1) is 11.1. The summed E-state index contributed by atoms with van der Waals surface area (Å²) < 4.78 is 13.2. The van der Waals surface area contributed by atoms with Crippen LogP contribution < -0.4 is 10.1 Å². The highest BCUT2D eigenvalue weighted by Gasteiger charge is 2.33. The Morgan fingerprint density at radius 1 is 1.43 bits per heavy atom. The van der Waals surface area contributed by atoms with E-state index in [2.05, 4.69) is 22.3 Å². The van der Waals surface area contributed by atoms with Gasteiger partial charge in [0.2, 0.25) is 0 Å². The fraction of sp³-hybridized carbons (Fsp3) is 0.529. The van der Waals surface area contributed by atoms with Gasteiger partial charge in [-0.15, -0.1) is 0 Å². The topological polar surface area (TPSA) is 61.2 Å². The summed E-state index contributed by atoms with van der Waals surface area (Å²) in [5.41, 5.74) is 4.39. The van der Waals surface area contributed by atoms with E-state index >= 15 is 0 Å². The van der Waals surface area contributed by atoms with Crippen molar-refractivity contribution in [3.05, 3.63) is 41.0 Å². The number of hydrogen-bond acceptors (Lipinski definition) is 5. The van der Waals surface area contributed by atoms with Gasteiger partial charge in [0.05, 0.1) is 18.5 Å². The zero-order valence-electron chi connectivity index (χ0n) is 14.2. The number of aromatic nitrogens is 3. The molecule has 0 amide bonds. The Kier molecular flexibility index (Phi) is 4.63. The maximum absolute atomic E-state index is 6.00. The molecule has 3 rings (SSSR count). The number of hydrogen-bond donors (Lipinski definition) is 1. The van der Waals surface area contributed by atoms with E-state index in [0.717, 1.165) is 30.2 Å². The molecule has 124 valence electrons. The lowest BCUT2D eigenvalue weighted by atomic mass is 10.00. The molecule has 2 aromatic rings. The molecule has 23 heavy (non-hydrogen) atoms. The summed E-state index contributed by atoms with van der Waals surface area (Å²) in [7, 11) is 3.64. The molecule has 3 heterocycles. The van der Waals surface area contributed by atoms with Gasteiger partial charge in [-0.25, -0.2) is 0 Å². The highest BCUT2D eigenvalue weighted by atomic mass is 16.5. The van der Waals surface area contributed by atoms with Crippen molar-refractivity contribution in [1.82, 2.24) is 20.1 Å². The predicted octanol–water partition coefficient (Wildman–Crippen LogP) is 2.06. The second-order valence-corrected chi connectivity index (χ2v) is 5.96. The summed E-state index contributed by atoms with van der Waals surface area (Å²) >= 11 is 0. The zero-order chi connectivity index (χ0) is 16.4. The summed E-state index contributed by atoms with van der Waals surface area (Å²) in [5, 5.41) is 8.09. The van der Waals surface area contributed by atoms with Crippen molar-refractivity contribution >= 4 is 0 Å². The minimum absolute atomic E-state index is 0.0503. The highest BCUT2D eigenvalue weighted by molar-refractivity contribution is 5.29. The van der Waals surface area contributed by atoms with Crippen LogP contribution in [0, 0.1) is 13.8 Å². The van der Waals surface area contributed by atoms with Crippen molar-refractivity contribution in [2.75, 3.05) is 13.7 Å². The molecule has 0 bridgehead atoms. The van der Waals surface area contributed by atoms with E-state index in [0.29, 0.717) is 6.54 Å². The molecule has 2 aromatic heterocycles. The lowest BCUT2D eigenvalue weighted by molar-refractivity contribution is 0.0973. The number of nitrogens with zero attached hydrogens (tertiary/aromatic N) is 3. The van der Waals surface area contributed by atoms with Crippen LogP contribution in [0.4, 0.5) is 0 Å². The molecule has 0 radical (unpaired) electrons. The maximum atomic E-state index is 6.00. The van der Waals surface area contributed by atoms with Gasteiger partial charge in [0.15, 0.2) is 0 Å². The van der Waals surface area contributed by atoms with Crippen LogP contribution in [-0.4, -0.2) is 34.5 Å². The largest absolute Gasteiger partial charge is 0.497 e. The third-order valence-electron chi connectivity index (χ3n) is 4.51. The van der Waals surface area contributed by atoms with Gasteiger partial charge in [0.25, 0.3) is 0 Å². The van der Waals surface area contributed by atoms with E-state index < -0.39 is 0 Å². The summed E-state index contributed by atoms with van der Waals surface area (Å²) in [4.78, 5) is 4.39. The molecule has 0 aliphatic carbocycles. The molecule has 0 saturated carbocycles. The Morgan fingerprint density at radius 2 is 2.26 bits per heavy atom. The van der Waals surface area contributed by atoms with Crippen LogP contribution >= 0.6 is 0 Å². The Bertz CT molecular complexity index is 683. The molecule has 1 aliphatic rings. The first-order valence-electron chi connectivity index (χ1n) is 7.94. The van der Waals surface area contributed by atoms with Crippen molar-refractivity contribution in [3.8, 4) is 5.75 Å². The fourth-order valence-electron chi connectivity index (χ4n) is 3.20. The van der Waals surface area contributed by atoms with Crippen LogP contribution in [0.15, 0.2) is 18.3 Å². The molecule has 1 fully saturated rings. The lowest BCUT2D eigenvalue weighted by Crippen LogP contribution is -2.32. The van der Waals surface area contributed by atoms with Gasteiger partial charge in [0, 0.05) is 49.8 Å². The molecule has 0 aromatic carbocycles. The van der Waals surface area contributed by atoms with E-state index in [1.807, 2.05) is 30.8 Å². The number of pyridine rings is 1. The standard InChI is InChI=1S/C17H24N4O2/c1-11-16(12(2)21(3)20-11)17-15(6-8-23-17)19-10-13-9-14(22-4)5-7-18-13/h5,7,9,15,17,19H,6,8,10H2,1-4H3/t15-,17-/m0/s1. The number of aryl methyl sites for hydroxylation is 2. The molecule has 2 atom stereocenters. The smallest absolute Gasteiger partial charge is 0.122 e. The first-order valence-corrected chi connectivity index (χ1v) is 7.94. The zero-order valence-corrected chi connectivity index (χ0v) is 14.2. The SMILES string of the molecule is COc1ccnc(CN[C@H]2CCO[C@@H]2c2c(C)nn(C)c2C)c1. The monoisotopic (exact) mass is 316 g/mol. The molecule has 1 N–H and O–H groups in total. The summed E-state index contributed by atoms with van der Waals surface area (Å²) in [6, 6.07) is 4.08. The average molecular weight is 316 g/mol. The highest BCUT2D eigenvalue weighted by Crippen LogP contribution is 2.33. The van der Waals surface area contributed by atoms with Crippen LogP contribution in [0.3, 0.4) is 0 Å². The minimum atomic E-state index is 0.0503. The normalized spacial score (nSPS) is 20.9. The van der Waals surface area contributed by atoms with Gasteiger partial charge in [0.1, 0.15) is 11.9 Å². The van der Waals surface area contributed by atoms with Crippen LogP contribution in [0.5, 0.6) is 5.75 Å². The third-order valence-corrected chi connectivity index (χ3v) is 4.51. The van der Waals surface area contributed by atoms with E-state index in [-0.39, 0.29) is 12.1 Å². The second kappa shape index (κ2) is 6.68. The van der Waals surface area contributed by atoms with Crippen LogP contribution in [0.1, 0.15) is 35.2 Å². The molecule has 0 unspecified atom stereocenters. The Morgan fingerprint density at radius 3 is 2.96 bits per heavy atom. The molecule has 6 nitrogen and oxygen atoms in total. The molecular weight excluding hydrogens is 292 g/mol. The van der Waals surface area contributed by atoms with Crippen LogP contribution in [0.2, 0.25) is 0 Å². The van der Waals surface area contributed by atoms with Crippen LogP contribution in [0.25, 0.3) is 0 Å². The van der Waals surface area contributed by atoms with Gasteiger partial charge < -0.3 is 14.8 Å². The lowest BCUT2D eigenvalue weighted by Gasteiger charge is -2.20. The minimum Gasteiger partial charge on any atom is -0.497 e. The van der Waals surface area contributed by atoms with E-state index in [9.17, 15) is 0 Å². The number of methoxy groups -OCH3 is 1. The Labute approximate surface area is 136 Å². The molecule has 1 saturated heterocycles. The summed E-state index contributed by atoms with van der Waals surface area (Å²) in [6.07, 6.45) is 2.81. The van der Waals surface area contributed by atoms with Crippen molar-refractivity contribution in [2.45, 2.75) is 39.0 Å². The van der Waals surface area contributed by atoms with Crippen molar-refractivity contribution < 1.29 is 9.47 Å².